The van der Waals surface area contributed by atoms with Gasteiger partial charge in [0.1, 0.15) is 5.82 Å². The van der Waals surface area contributed by atoms with E-state index in [4.69, 9.17) is 0 Å². The molecule has 0 aromatic heterocycles. The highest BCUT2D eigenvalue weighted by Gasteiger charge is 2.07. The fourth-order valence-corrected chi connectivity index (χ4v) is 2.83. The minimum Gasteiger partial charge on any atom is -0.325 e. The van der Waals surface area contributed by atoms with Crippen molar-refractivity contribution in [3.63, 3.8) is 0 Å². The molecule has 2 aromatic carbocycles. The fourth-order valence-electron chi connectivity index (χ4n) is 2.21. The second-order valence-corrected chi connectivity index (χ2v) is 6.46. The van der Waals surface area contributed by atoms with Gasteiger partial charge in [-0.3, -0.25) is 9.59 Å². The van der Waals surface area contributed by atoms with Crippen LogP contribution in [0.2, 0.25) is 0 Å². The van der Waals surface area contributed by atoms with E-state index in [0.717, 1.165) is 16.8 Å². The highest BCUT2D eigenvalue weighted by molar-refractivity contribution is 8.00. The number of hydrogen-bond donors (Lipinski definition) is 2. The Morgan fingerprint density at radius 1 is 0.875 bits per heavy atom. The lowest BCUT2D eigenvalue weighted by Gasteiger charge is -2.08. The molecule has 6 heteroatoms. The van der Waals surface area contributed by atoms with Crippen LogP contribution in [-0.2, 0) is 9.59 Å². The molecule has 2 aromatic rings. The summed E-state index contributed by atoms with van der Waals surface area (Å²) < 4.78 is 12.8. The van der Waals surface area contributed by atoms with Gasteiger partial charge in [0.15, 0.2) is 0 Å². The lowest BCUT2D eigenvalue weighted by molar-refractivity contribution is -0.114. The minimum absolute atomic E-state index is 0.150. The smallest absolute Gasteiger partial charge is 0.234 e. The van der Waals surface area contributed by atoms with Gasteiger partial charge in [0.2, 0.25) is 11.8 Å². The Morgan fingerprint density at radius 3 is 1.92 bits per heavy atom. The molecular weight excluding hydrogens is 327 g/mol. The molecule has 24 heavy (non-hydrogen) atoms. The highest BCUT2D eigenvalue weighted by atomic mass is 32.2. The summed E-state index contributed by atoms with van der Waals surface area (Å²) in [5.41, 5.74) is 3.45. The van der Waals surface area contributed by atoms with Gasteiger partial charge in [0.05, 0.1) is 11.5 Å². The van der Waals surface area contributed by atoms with Gasteiger partial charge in [-0.25, -0.2) is 4.39 Å². The van der Waals surface area contributed by atoms with Crippen LogP contribution in [0.4, 0.5) is 15.8 Å². The molecule has 2 amide bonds. The third-order valence-corrected chi connectivity index (χ3v) is 4.03. The van der Waals surface area contributed by atoms with E-state index < -0.39 is 0 Å². The van der Waals surface area contributed by atoms with Crippen molar-refractivity contribution in [2.75, 3.05) is 22.1 Å². The molecule has 0 spiro atoms. The predicted octanol–water partition coefficient (Wildman–Crippen LogP) is 3.75. The zero-order valence-electron chi connectivity index (χ0n) is 13.6. The Kier molecular flexibility index (Phi) is 6.37. The SMILES string of the molecule is Cc1cc(C)cc(NC(=O)CSCC(=O)Nc2ccc(F)cc2)c1. The summed E-state index contributed by atoms with van der Waals surface area (Å²) >= 11 is 1.22. The minimum atomic E-state index is -0.356. The summed E-state index contributed by atoms with van der Waals surface area (Å²) in [6.45, 7) is 3.94. The van der Waals surface area contributed by atoms with Crippen LogP contribution in [0.3, 0.4) is 0 Å². The molecule has 0 aliphatic carbocycles. The molecule has 0 saturated carbocycles. The number of anilines is 2. The number of carbonyl (C=O) groups excluding carboxylic acids is 2. The number of carbonyl (C=O) groups is 2. The summed E-state index contributed by atoms with van der Waals surface area (Å²) in [5.74, 6) is -0.405. The largest absolute Gasteiger partial charge is 0.325 e. The number of rotatable bonds is 6. The Balaban J connectivity index is 1.73. The normalized spacial score (nSPS) is 10.3. The first kappa shape index (κ1) is 18.0. The van der Waals surface area contributed by atoms with Crippen LogP contribution in [0.15, 0.2) is 42.5 Å². The molecule has 0 heterocycles. The van der Waals surface area contributed by atoms with E-state index in [1.54, 1.807) is 0 Å². The molecular formula is C18H19FN2O2S. The molecule has 0 atom stereocenters. The monoisotopic (exact) mass is 346 g/mol. The first-order chi connectivity index (χ1) is 11.4. The Bertz CT molecular complexity index is 712. The van der Waals surface area contributed by atoms with Crippen LogP contribution in [0.25, 0.3) is 0 Å². The number of aryl methyl sites for hydroxylation is 2. The van der Waals surface area contributed by atoms with Crippen molar-refractivity contribution in [2.24, 2.45) is 0 Å². The van der Waals surface area contributed by atoms with E-state index >= 15 is 0 Å². The van der Waals surface area contributed by atoms with Crippen LogP contribution in [0.5, 0.6) is 0 Å². The van der Waals surface area contributed by atoms with Crippen LogP contribution in [-0.4, -0.2) is 23.3 Å². The van der Waals surface area contributed by atoms with Gasteiger partial charge in [-0.1, -0.05) is 6.07 Å². The fraction of sp³-hybridized carbons (Fsp3) is 0.222. The molecule has 0 saturated heterocycles. The molecule has 0 unspecified atom stereocenters. The topological polar surface area (TPSA) is 58.2 Å². The third-order valence-electron chi connectivity index (χ3n) is 3.10. The Labute approximate surface area is 144 Å². The summed E-state index contributed by atoms with van der Waals surface area (Å²) in [4.78, 5) is 23.7. The molecule has 0 radical (unpaired) electrons. The average molecular weight is 346 g/mol. The van der Waals surface area contributed by atoms with Gasteiger partial charge in [-0.05, 0) is 61.4 Å². The van der Waals surface area contributed by atoms with Gasteiger partial charge in [-0.15, -0.1) is 11.8 Å². The lowest BCUT2D eigenvalue weighted by Crippen LogP contribution is -2.18. The summed E-state index contributed by atoms with van der Waals surface area (Å²) in [6.07, 6.45) is 0. The number of halogens is 1. The van der Waals surface area contributed by atoms with Gasteiger partial charge >= 0.3 is 0 Å². The third kappa shape index (κ3) is 6.04. The van der Waals surface area contributed by atoms with Crippen LogP contribution >= 0.6 is 11.8 Å². The predicted molar refractivity (Wildman–Crippen MR) is 96.9 cm³/mol. The molecule has 0 fully saturated rings. The van der Waals surface area contributed by atoms with Gasteiger partial charge in [0.25, 0.3) is 0 Å². The standard InChI is InChI=1S/C18H19FN2O2S/c1-12-7-13(2)9-16(8-12)21-18(23)11-24-10-17(22)20-15-5-3-14(19)4-6-15/h3-9H,10-11H2,1-2H3,(H,20,22)(H,21,23). The summed E-state index contributed by atoms with van der Waals surface area (Å²) in [6, 6.07) is 11.4. The first-order valence-corrected chi connectivity index (χ1v) is 8.59. The van der Waals surface area contributed by atoms with Crippen molar-refractivity contribution in [3.8, 4) is 0 Å². The van der Waals surface area contributed by atoms with Crippen molar-refractivity contribution >= 4 is 35.0 Å². The zero-order chi connectivity index (χ0) is 17.5. The van der Waals surface area contributed by atoms with E-state index in [0.29, 0.717) is 5.69 Å². The van der Waals surface area contributed by atoms with Gasteiger partial charge in [0, 0.05) is 11.4 Å². The molecule has 126 valence electrons. The first-order valence-electron chi connectivity index (χ1n) is 7.44. The Hall–Kier alpha value is -2.34. The zero-order valence-corrected chi connectivity index (χ0v) is 14.4. The Morgan fingerprint density at radius 2 is 1.38 bits per heavy atom. The number of amides is 2. The average Bonchev–Trinajstić information content (AvgIpc) is 2.48. The second kappa shape index (κ2) is 8.49. The van der Waals surface area contributed by atoms with Crippen molar-refractivity contribution in [3.05, 3.63) is 59.4 Å². The quantitative estimate of drug-likeness (QED) is 0.837. The van der Waals surface area contributed by atoms with Gasteiger partial charge in [-0.2, -0.15) is 0 Å². The molecule has 0 aliphatic heterocycles. The molecule has 0 aliphatic rings. The van der Waals surface area contributed by atoms with Crippen LogP contribution in [0, 0.1) is 19.7 Å². The number of benzene rings is 2. The number of hydrogen-bond acceptors (Lipinski definition) is 3. The van der Waals surface area contributed by atoms with Crippen molar-refractivity contribution in [1.82, 2.24) is 0 Å². The maximum absolute atomic E-state index is 12.8. The highest BCUT2D eigenvalue weighted by Crippen LogP contribution is 2.14. The van der Waals surface area contributed by atoms with Gasteiger partial charge < -0.3 is 10.6 Å². The van der Waals surface area contributed by atoms with E-state index in [9.17, 15) is 14.0 Å². The van der Waals surface area contributed by atoms with Crippen molar-refractivity contribution in [1.29, 1.82) is 0 Å². The maximum atomic E-state index is 12.8. The molecule has 4 nitrogen and oxygen atoms in total. The second-order valence-electron chi connectivity index (χ2n) is 5.47. The number of thioether (sulfide) groups is 1. The molecule has 2 N–H and O–H groups in total. The van der Waals surface area contributed by atoms with Crippen LogP contribution < -0.4 is 10.6 Å². The number of nitrogens with one attached hydrogen (secondary N) is 2. The van der Waals surface area contributed by atoms with E-state index in [1.807, 2.05) is 32.0 Å². The lowest BCUT2D eigenvalue weighted by atomic mass is 10.1. The van der Waals surface area contributed by atoms with Crippen LogP contribution in [0.1, 0.15) is 11.1 Å². The summed E-state index contributed by atoms with van der Waals surface area (Å²) in [7, 11) is 0. The molecule has 2 rings (SSSR count). The van der Waals surface area contributed by atoms with E-state index in [2.05, 4.69) is 10.6 Å². The summed E-state index contributed by atoms with van der Waals surface area (Å²) in [5, 5.41) is 5.47. The van der Waals surface area contributed by atoms with Crippen molar-refractivity contribution in [2.45, 2.75) is 13.8 Å². The maximum Gasteiger partial charge on any atom is 0.234 e. The van der Waals surface area contributed by atoms with Crippen molar-refractivity contribution < 1.29 is 14.0 Å². The van der Waals surface area contributed by atoms with E-state index in [-0.39, 0.29) is 29.1 Å². The van der Waals surface area contributed by atoms with E-state index in [1.165, 1.54) is 36.0 Å². The molecule has 0 bridgehead atoms.